The molecule has 17 heavy (non-hydrogen) atoms. The van der Waals surface area contributed by atoms with Gasteiger partial charge in [0.25, 0.3) is 0 Å². The maximum absolute atomic E-state index is 13.5. The van der Waals surface area contributed by atoms with E-state index in [4.69, 9.17) is 11.6 Å². The van der Waals surface area contributed by atoms with E-state index in [1.807, 2.05) is 12.1 Å². The van der Waals surface area contributed by atoms with E-state index in [0.29, 0.717) is 21.7 Å². The van der Waals surface area contributed by atoms with Gasteiger partial charge in [0.05, 0.1) is 5.69 Å². The van der Waals surface area contributed by atoms with Crippen LogP contribution < -0.4 is 5.32 Å². The number of anilines is 1. The van der Waals surface area contributed by atoms with E-state index in [-0.39, 0.29) is 5.82 Å². The number of benzene rings is 1. The summed E-state index contributed by atoms with van der Waals surface area (Å²) in [7, 11) is 0. The molecule has 1 aromatic heterocycles. The van der Waals surface area contributed by atoms with Gasteiger partial charge in [-0.25, -0.2) is 9.37 Å². The van der Waals surface area contributed by atoms with Crippen molar-refractivity contribution in [2.75, 3.05) is 5.32 Å². The predicted molar refractivity (Wildman–Crippen MR) is 70.7 cm³/mol. The fraction of sp³-hybridized carbons (Fsp3) is 0.0833. The van der Waals surface area contributed by atoms with Gasteiger partial charge in [0.2, 0.25) is 0 Å². The molecule has 0 amide bonds. The standard InChI is InChI=1S/C12H9BrClFN2/c13-12-11(2-1-5-16-12)17-7-8-3-4-9(14)6-10(8)15/h1-6,17H,7H2. The number of pyridine rings is 1. The molecule has 0 radical (unpaired) electrons. The average molecular weight is 316 g/mol. The van der Waals surface area contributed by atoms with E-state index < -0.39 is 0 Å². The first kappa shape index (κ1) is 12.3. The third-order valence-electron chi connectivity index (χ3n) is 2.24. The second-order valence-corrected chi connectivity index (χ2v) is 4.62. The van der Waals surface area contributed by atoms with Crippen LogP contribution in [0.4, 0.5) is 10.1 Å². The average Bonchev–Trinajstić information content (AvgIpc) is 2.30. The number of aromatic nitrogens is 1. The minimum absolute atomic E-state index is 0.315. The quantitative estimate of drug-likeness (QED) is 0.857. The van der Waals surface area contributed by atoms with Crippen LogP contribution in [0.3, 0.4) is 0 Å². The Morgan fingerprint density at radius 1 is 1.35 bits per heavy atom. The molecule has 0 saturated heterocycles. The zero-order valence-corrected chi connectivity index (χ0v) is 11.1. The van der Waals surface area contributed by atoms with Crippen molar-refractivity contribution in [1.82, 2.24) is 4.98 Å². The Morgan fingerprint density at radius 2 is 2.18 bits per heavy atom. The van der Waals surface area contributed by atoms with Gasteiger partial charge < -0.3 is 5.32 Å². The summed E-state index contributed by atoms with van der Waals surface area (Å²) >= 11 is 8.99. The van der Waals surface area contributed by atoms with Crippen molar-refractivity contribution in [3.05, 3.63) is 57.5 Å². The number of nitrogens with zero attached hydrogens (tertiary/aromatic N) is 1. The van der Waals surface area contributed by atoms with Crippen molar-refractivity contribution in [3.8, 4) is 0 Å². The highest BCUT2D eigenvalue weighted by molar-refractivity contribution is 9.10. The van der Waals surface area contributed by atoms with E-state index in [1.54, 1.807) is 18.3 Å². The Morgan fingerprint density at radius 3 is 2.88 bits per heavy atom. The summed E-state index contributed by atoms with van der Waals surface area (Å²) in [6, 6.07) is 8.31. The van der Waals surface area contributed by atoms with Crippen molar-refractivity contribution in [1.29, 1.82) is 0 Å². The van der Waals surface area contributed by atoms with Crippen molar-refractivity contribution in [2.45, 2.75) is 6.54 Å². The summed E-state index contributed by atoms with van der Waals surface area (Å²) in [6.45, 7) is 0.382. The van der Waals surface area contributed by atoms with Gasteiger partial charge in [0, 0.05) is 23.3 Å². The van der Waals surface area contributed by atoms with Crippen LogP contribution >= 0.6 is 27.5 Å². The van der Waals surface area contributed by atoms with Gasteiger partial charge in [0.1, 0.15) is 10.4 Å². The van der Waals surface area contributed by atoms with Gasteiger partial charge in [-0.05, 0) is 40.2 Å². The molecule has 0 fully saturated rings. The second-order valence-electron chi connectivity index (χ2n) is 3.43. The van der Waals surface area contributed by atoms with E-state index in [2.05, 4.69) is 26.2 Å². The summed E-state index contributed by atoms with van der Waals surface area (Å²) < 4.78 is 14.2. The molecule has 2 aromatic rings. The first-order chi connectivity index (χ1) is 8.16. The summed E-state index contributed by atoms with van der Waals surface area (Å²) in [4.78, 5) is 4.07. The molecule has 0 unspecified atom stereocenters. The summed E-state index contributed by atoms with van der Waals surface area (Å²) in [6.07, 6.45) is 1.68. The Labute approximate surface area is 112 Å². The number of nitrogens with one attached hydrogen (secondary N) is 1. The maximum Gasteiger partial charge on any atom is 0.129 e. The SMILES string of the molecule is Fc1cc(Cl)ccc1CNc1cccnc1Br. The van der Waals surface area contributed by atoms with Gasteiger partial charge in [0.15, 0.2) is 0 Å². The Kier molecular flexibility index (Phi) is 3.97. The van der Waals surface area contributed by atoms with Crippen LogP contribution in [0.15, 0.2) is 41.1 Å². The third-order valence-corrected chi connectivity index (χ3v) is 3.11. The largest absolute Gasteiger partial charge is 0.379 e. The van der Waals surface area contributed by atoms with Crippen LogP contribution in [-0.4, -0.2) is 4.98 Å². The Hall–Kier alpha value is -1.13. The lowest BCUT2D eigenvalue weighted by molar-refractivity contribution is 0.613. The topological polar surface area (TPSA) is 24.9 Å². The van der Waals surface area contributed by atoms with E-state index in [9.17, 15) is 4.39 Å². The van der Waals surface area contributed by atoms with Crippen LogP contribution in [0.1, 0.15) is 5.56 Å². The predicted octanol–water partition coefficient (Wildman–Crippen LogP) is 4.25. The molecule has 1 heterocycles. The lowest BCUT2D eigenvalue weighted by atomic mass is 10.2. The first-order valence-corrected chi connectivity index (χ1v) is 6.12. The van der Waals surface area contributed by atoms with Crippen LogP contribution in [0.5, 0.6) is 0 Å². The molecule has 0 aliphatic rings. The number of hydrogen-bond acceptors (Lipinski definition) is 2. The maximum atomic E-state index is 13.5. The lowest BCUT2D eigenvalue weighted by Crippen LogP contribution is -2.02. The molecule has 0 bridgehead atoms. The monoisotopic (exact) mass is 314 g/mol. The van der Waals surface area contributed by atoms with Crippen molar-refractivity contribution >= 4 is 33.2 Å². The van der Waals surface area contributed by atoms with Crippen LogP contribution in [0.2, 0.25) is 5.02 Å². The molecular weight excluding hydrogens is 307 g/mol. The first-order valence-electron chi connectivity index (χ1n) is 4.95. The van der Waals surface area contributed by atoms with Crippen molar-refractivity contribution in [3.63, 3.8) is 0 Å². The zero-order valence-electron chi connectivity index (χ0n) is 8.75. The van der Waals surface area contributed by atoms with Gasteiger partial charge in [-0.15, -0.1) is 0 Å². The molecule has 0 spiro atoms. The fourth-order valence-corrected chi connectivity index (χ4v) is 1.92. The molecule has 1 N–H and O–H groups in total. The van der Waals surface area contributed by atoms with Gasteiger partial charge in [-0.1, -0.05) is 17.7 Å². The Bertz CT molecular complexity index is 534. The van der Waals surface area contributed by atoms with E-state index in [1.165, 1.54) is 6.07 Å². The minimum atomic E-state index is -0.315. The van der Waals surface area contributed by atoms with E-state index in [0.717, 1.165) is 5.69 Å². The number of hydrogen-bond donors (Lipinski definition) is 1. The fourth-order valence-electron chi connectivity index (χ4n) is 1.37. The highest BCUT2D eigenvalue weighted by atomic mass is 79.9. The molecule has 0 aliphatic heterocycles. The number of rotatable bonds is 3. The second kappa shape index (κ2) is 5.47. The summed E-state index contributed by atoms with van der Waals surface area (Å²) in [5.41, 5.74) is 1.38. The third kappa shape index (κ3) is 3.17. The Balaban J connectivity index is 2.10. The molecule has 0 aliphatic carbocycles. The van der Waals surface area contributed by atoms with Crippen molar-refractivity contribution in [2.24, 2.45) is 0 Å². The highest BCUT2D eigenvalue weighted by Gasteiger charge is 2.04. The molecule has 0 saturated carbocycles. The molecule has 1 aromatic carbocycles. The molecule has 2 nitrogen and oxygen atoms in total. The van der Waals surface area contributed by atoms with Gasteiger partial charge in [-0.2, -0.15) is 0 Å². The molecule has 2 rings (SSSR count). The summed E-state index contributed by atoms with van der Waals surface area (Å²) in [5.74, 6) is -0.315. The van der Waals surface area contributed by atoms with Crippen LogP contribution in [0.25, 0.3) is 0 Å². The van der Waals surface area contributed by atoms with E-state index >= 15 is 0 Å². The molecular formula is C12H9BrClFN2. The normalized spacial score (nSPS) is 10.3. The molecule has 5 heteroatoms. The molecule has 88 valence electrons. The van der Waals surface area contributed by atoms with Crippen molar-refractivity contribution < 1.29 is 4.39 Å². The lowest BCUT2D eigenvalue weighted by Gasteiger charge is -2.08. The minimum Gasteiger partial charge on any atom is -0.379 e. The summed E-state index contributed by atoms with van der Waals surface area (Å²) in [5, 5.41) is 3.49. The zero-order chi connectivity index (χ0) is 12.3. The highest BCUT2D eigenvalue weighted by Crippen LogP contribution is 2.20. The van der Waals surface area contributed by atoms with Gasteiger partial charge >= 0.3 is 0 Å². The van der Waals surface area contributed by atoms with Crippen LogP contribution in [-0.2, 0) is 6.54 Å². The van der Waals surface area contributed by atoms with Gasteiger partial charge in [-0.3, -0.25) is 0 Å². The van der Waals surface area contributed by atoms with Crippen LogP contribution in [0, 0.1) is 5.82 Å². The molecule has 0 atom stereocenters. The number of halogens is 3. The smallest absolute Gasteiger partial charge is 0.129 e.